The highest BCUT2D eigenvalue weighted by atomic mass is 16.5. The van der Waals surface area contributed by atoms with E-state index in [9.17, 15) is 9.59 Å². The van der Waals surface area contributed by atoms with Gasteiger partial charge in [-0.2, -0.15) is 0 Å². The topological polar surface area (TPSA) is 76.7 Å². The summed E-state index contributed by atoms with van der Waals surface area (Å²) in [6.45, 7) is 7.25. The van der Waals surface area contributed by atoms with Gasteiger partial charge in [0.05, 0.1) is 13.2 Å². The summed E-state index contributed by atoms with van der Waals surface area (Å²) in [6, 6.07) is 14.8. The maximum absolute atomic E-state index is 12.1. The van der Waals surface area contributed by atoms with E-state index >= 15 is 0 Å². The lowest BCUT2D eigenvalue weighted by molar-refractivity contribution is -0.118. The van der Waals surface area contributed by atoms with Crippen LogP contribution < -0.4 is 20.1 Å². The molecule has 0 spiro atoms. The molecule has 2 amide bonds. The summed E-state index contributed by atoms with van der Waals surface area (Å²) >= 11 is 0. The van der Waals surface area contributed by atoms with Crippen LogP contribution in [-0.2, 0) is 9.59 Å². The number of hydrogen-bond donors (Lipinski definition) is 2. The van der Waals surface area contributed by atoms with Crippen molar-refractivity contribution in [3.8, 4) is 11.5 Å². The molecular formula is C25H30N2O4. The fourth-order valence-corrected chi connectivity index (χ4v) is 2.68. The lowest BCUT2D eigenvalue weighted by Gasteiger charge is -2.12. The van der Waals surface area contributed by atoms with E-state index in [0.717, 1.165) is 22.6 Å². The third kappa shape index (κ3) is 9.21. The smallest absolute Gasteiger partial charge is 0.244 e. The second kappa shape index (κ2) is 12.9. The Hall–Kier alpha value is -3.54. The van der Waals surface area contributed by atoms with Crippen molar-refractivity contribution in [2.24, 2.45) is 0 Å². The van der Waals surface area contributed by atoms with Crippen LogP contribution in [0.4, 0.5) is 0 Å². The minimum Gasteiger partial charge on any atom is -0.494 e. The average molecular weight is 423 g/mol. The first-order valence-corrected chi connectivity index (χ1v) is 10.4. The van der Waals surface area contributed by atoms with E-state index in [2.05, 4.69) is 10.6 Å². The van der Waals surface area contributed by atoms with Crippen molar-refractivity contribution in [1.29, 1.82) is 0 Å². The van der Waals surface area contributed by atoms with Gasteiger partial charge in [-0.3, -0.25) is 9.59 Å². The van der Waals surface area contributed by atoms with Crippen molar-refractivity contribution in [1.82, 2.24) is 10.6 Å². The molecule has 1 atom stereocenters. The number of benzene rings is 2. The van der Waals surface area contributed by atoms with Crippen LogP contribution in [0.1, 0.15) is 31.9 Å². The van der Waals surface area contributed by atoms with Gasteiger partial charge in [-0.1, -0.05) is 24.3 Å². The van der Waals surface area contributed by atoms with Gasteiger partial charge >= 0.3 is 0 Å². The molecule has 0 bridgehead atoms. The fourth-order valence-electron chi connectivity index (χ4n) is 2.68. The monoisotopic (exact) mass is 422 g/mol. The molecule has 0 saturated carbocycles. The van der Waals surface area contributed by atoms with Gasteiger partial charge < -0.3 is 20.1 Å². The molecule has 31 heavy (non-hydrogen) atoms. The number of carbonyl (C=O) groups is 2. The lowest BCUT2D eigenvalue weighted by Crippen LogP contribution is -2.40. The summed E-state index contributed by atoms with van der Waals surface area (Å²) < 4.78 is 10.8. The van der Waals surface area contributed by atoms with Gasteiger partial charge in [0, 0.05) is 24.7 Å². The highest BCUT2D eigenvalue weighted by molar-refractivity contribution is 5.93. The molecule has 0 aliphatic carbocycles. The van der Waals surface area contributed by atoms with Crippen LogP contribution in [-0.4, -0.2) is 37.6 Å². The predicted molar refractivity (Wildman–Crippen MR) is 124 cm³/mol. The third-order valence-corrected chi connectivity index (χ3v) is 4.21. The van der Waals surface area contributed by atoms with E-state index in [1.54, 1.807) is 12.2 Å². The fraction of sp³-hybridized carbons (Fsp3) is 0.280. The van der Waals surface area contributed by atoms with Crippen LogP contribution in [0.2, 0.25) is 0 Å². The molecule has 6 heteroatoms. The molecule has 0 aliphatic heterocycles. The molecule has 164 valence electrons. The zero-order valence-electron chi connectivity index (χ0n) is 18.3. The van der Waals surface area contributed by atoms with E-state index in [0.29, 0.717) is 19.8 Å². The van der Waals surface area contributed by atoms with Gasteiger partial charge in [0.2, 0.25) is 11.8 Å². The van der Waals surface area contributed by atoms with Gasteiger partial charge in [0.1, 0.15) is 11.5 Å². The second-order valence-corrected chi connectivity index (χ2v) is 6.83. The lowest BCUT2D eigenvalue weighted by atomic mass is 10.2. The first-order chi connectivity index (χ1) is 15.0. The molecule has 2 aromatic rings. The van der Waals surface area contributed by atoms with E-state index in [1.165, 1.54) is 12.2 Å². The number of ether oxygens (including phenoxy) is 2. The van der Waals surface area contributed by atoms with Crippen LogP contribution in [0.5, 0.6) is 11.5 Å². The summed E-state index contributed by atoms with van der Waals surface area (Å²) in [6.07, 6.45) is 6.40. The van der Waals surface area contributed by atoms with Crippen LogP contribution in [0.15, 0.2) is 60.7 Å². The van der Waals surface area contributed by atoms with Gasteiger partial charge in [0.25, 0.3) is 0 Å². The second-order valence-electron chi connectivity index (χ2n) is 6.83. The van der Waals surface area contributed by atoms with Crippen LogP contribution in [0.25, 0.3) is 12.2 Å². The zero-order chi connectivity index (χ0) is 22.5. The molecule has 1 unspecified atom stereocenters. The number of hydrogen-bond acceptors (Lipinski definition) is 4. The van der Waals surface area contributed by atoms with Gasteiger partial charge in [0.15, 0.2) is 0 Å². The van der Waals surface area contributed by atoms with E-state index < -0.39 is 0 Å². The Morgan fingerprint density at radius 3 is 1.71 bits per heavy atom. The van der Waals surface area contributed by atoms with Gasteiger partial charge in [-0.15, -0.1) is 0 Å². The minimum atomic E-state index is -0.222. The first-order valence-electron chi connectivity index (χ1n) is 10.4. The van der Waals surface area contributed by atoms with Gasteiger partial charge in [-0.25, -0.2) is 0 Å². The highest BCUT2D eigenvalue weighted by Gasteiger charge is 2.06. The van der Waals surface area contributed by atoms with E-state index in [4.69, 9.17) is 9.47 Å². The Balaban J connectivity index is 1.72. The summed E-state index contributed by atoms with van der Waals surface area (Å²) in [7, 11) is 0. The standard InChI is InChI=1S/C25H30N2O4/c1-4-30-22-12-6-20(7-13-22)10-16-24(28)26-18-19(3)27-25(29)17-11-21-8-14-23(15-9-21)31-5-2/h6-17,19H,4-5,18H2,1-3H3,(H,26,28)(H,27,29)/b16-10+,17-11+. The molecule has 0 saturated heterocycles. The quantitative estimate of drug-likeness (QED) is 0.540. The SMILES string of the molecule is CCOc1ccc(/C=C/C(=O)NCC(C)NC(=O)/C=C/c2ccc(OCC)cc2)cc1. The number of nitrogens with one attached hydrogen (secondary N) is 2. The van der Waals surface area contributed by atoms with Gasteiger partial charge in [-0.05, 0) is 68.3 Å². The van der Waals surface area contributed by atoms with Crippen molar-refractivity contribution in [3.63, 3.8) is 0 Å². The van der Waals surface area contributed by atoms with Crippen LogP contribution in [0, 0.1) is 0 Å². The number of carbonyl (C=O) groups excluding carboxylic acids is 2. The van der Waals surface area contributed by atoms with Crippen LogP contribution in [0.3, 0.4) is 0 Å². The van der Waals surface area contributed by atoms with Crippen molar-refractivity contribution in [3.05, 3.63) is 71.8 Å². The Labute approximate surface area is 184 Å². The molecular weight excluding hydrogens is 392 g/mol. The third-order valence-electron chi connectivity index (χ3n) is 4.21. The molecule has 0 heterocycles. The van der Waals surface area contributed by atoms with Crippen LogP contribution >= 0.6 is 0 Å². The van der Waals surface area contributed by atoms with E-state index in [-0.39, 0.29) is 17.9 Å². The summed E-state index contributed by atoms with van der Waals surface area (Å²) in [5.41, 5.74) is 1.80. The molecule has 0 radical (unpaired) electrons. The number of amides is 2. The maximum Gasteiger partial charge on any atom is 0.244 e. The number of rotatable bonds is 11. The molecule has 0 fully saturated rings. The summed E-state index contributed by atoms with van der Waals surface area (Å²) in [5.74, 6) is 1.15. The zero-order valence-corrected chi connectivity index (χ0v) is 18.3. The highest BCUT2D eigenvalue weighted by Crippen LogP contribution is 2.13. The summed E-state index contributed by atoms with van der Waals surface area (Å²) in [4.78, 5) is 24.1. The maximum atomic E-state index is 12.1. The van der Waals surface area contributed by atoms with Crippen molar-refractivity contribution >= 4 is 24.0 Å². The Morgan fingerprint density at radius 2 is 1.26 bits per heavy atom. The Bertz CT molecular complexity index is 887. The van der Waals surface area contributed by atoms with Crippen molar-refractivity contribution in [2.45, 2.75) is 26.8 Å². The van der Waals surface area contributed by atoms with E-state index in [1.807, 2.05) is 69.3 Å². The normalized spacial score (nSPS) is 12.0. The van der Waals surface area contributed by atoms with Crippen molar-refractivity contribution < 1.29 is 19.1 Å². The average Bonchev–Trinajstić information content (AvgIpc) is 2.77. The predicted octanol–water partition coefficient (Wildman–Crippen LogP) is 3.83. The molecule has 2 rings (SSSR count). The Morgan fingerprint density at radius 1 is 0.806 bits per heavy atom. The first kappa shape index (κ1) is 23.7. The molecule has 6 nitrogen and oxygen atoms in total. The summed E-state index contributed by atoms with van der Waals surface area (Å²) in [5, 5.41) is 5.60. The minimum absolute atomic E-state index is 0.208. The molecule has 2 aromatic carbocycles. The Kier molecular flexibility index (Phi) is 9.88. The largest absolute Gasteiger partial charge is 0.494 e. The van der Waals surface area contributed by atoms with Crippen molar-refractivity contribution in [2.75, 3.05) is 19.8 Å². The molecule has 2 N–H and O–H groups in total. The molecule has 0 aliphatic rings. The molecule has 0 aromatic heterocycles.